The summed E-state index contributed by atoms with van der Waals surface area (Å²) in [5.41, 5.74) is 0.658. The molecule has 4 heteroatoms. The number of nitrogens with one attached hydrogen (secondary N) is 1. The Labute approximate surface area is 94.7 Å². The minimum absolute atomic E-state index is 0.0400. The molecule has 0 aliphatic rings. The SMILES string of the molecule is CC[C@H](C)NC(=O)c1cccnc1SC. The van der Waals surface area contributed by atoms with Crippen molar-refractivity contribution in [3.8, 4) is 0 Å². The monoisotopic (exact) mass is 224 g/mol. The maximum atomic E-state index is 11.8. The first-order chi connectivity index (χ1) is 7.19. The fraction of sp³-hybridized carbons (Fsp3) is 0.455. The Morgan fingerprint density at radius 2 is 2.40 bits per heavy atom. The quantitative estimate of drug-likeness (QED) is 0.798. The van der Waals surface area contributed by atoms with Gasteiger partial charge in [0.05, 0.1) is 5.56 Å². The number of carbonyl (C=O) groups excluding carboxylic acids is 1. The summed E-state index contributed by atoms with van der Waals surface area (Å²) in [6.07, 6.45) is 4.55. The molecular weight excluding hydrogens is 208 g/mol. The molecule has 0 radical (unpaired) electrons. The topological polar surface area (TPSA) is 42.0 Å². The van der Waals surface area contributed by atoms with Crippen molar-refractivity contribution in [1.29, 1.82) is 0 Å². The van der Waals surface area contributed by atoms with Crippen LogP contribution in [0.15, 0.2) is 23.4 Å². The predicted molar refractivity (Wildman–Crippen MR) is 63.2 cm³/mol. The summed E-state index contributed by atoms with van der Waals surface area (Å²) in [4.78, 5) is 16.0. The van der Waals surface area contributed by atoms with E-state index in [1.54, 1.807) is 18.3 Å². The molecule has 82 valence electrons. The van der Waals surface area contributed by atoms with E-state index >= 15 is 0 Å². The number of nitrogens with zero attached hydrogens (tertiary/aromatic N) is 1. The molecule has 0 aliphatic heterocycles. The number of thioether (sulfide) groups is 1. The number of aromatic nitrogens is 1. The number of hydrogen-bond acceptors (Lipinski definition) is 3. The smallest absolute Gasteiger partial charge is 0.254 e. The van der Waals surface area contributed by atoms with Crippen molar-refractivity contribution in [2.45, 2.75) is 31.3 Å². The van der Waals surface area contributed by atoms with Gasteiger partial charge in [0.25, 0.3) is 5.91 Å². The van der Waals surface area contributed by atoms with E-state index in [0.717, 1.165) is 11.4 Å². The van der Waals surface area contributed by atoms with Crippen molar-refractivity contribution in [2.75, 3.05) is 6.26 Å². The highest BCUT2D eigenvalue weighted by atomic mass is 32.2. The Morgan fingerprint density at radius 3 is 3.00 bits per heavy atom. The third-order valence-corrected chi connectivity index (χ3v) is 2.91. The summed E-state index contributed by atoms with van der Waals surface area (Å²) in [7, 11) is 0. The summed E-state index contributed by atoms with van der Waals surface area (Å²) >= 11 is 1.49. The molecule has 0 saturated carbocycles. The van der Waals surface area contributed by atoms with Gasteiger partial charge in [0.2, 0.25) is 0 Å². The molecule has 0 aromatic carbocycles. The van der Waals surface area contributed by atoms with Crippen LogP contribution in [0.5, 0.6) is 0 Å². The molecule has 1 amide bonds. The van der Waals surface area contributed by atoms with Crippen molar-refractivity contribution in [3.05, 3.63) is 23.9 Å². The van der Waals surface area contributed by atoms with Crippen molar-refractivity contribution >= 4 is 17.7 Å². The van der Waals surface area contributed by atoms with Crippen LogP contribution in [0.4, 0.5) is 0 Å². The number of carbonyl (C=O) groups is 1. The average Bonchev–Trinajstić information content (AvgIpc) is 2.28. The maximum absolute atomic E-state index is 11.8. The van der Waals surface area contributed by atoms with Crippen LogP contribution in [0.2, 0.25) is 0 Å². The van der Waals surface area contributed by atoms with E-state index < -0.39 is 0 Å². The van der Waals surface area contributed by atoms with E-state index in [0.29, 0.717) is 5.56 Å². The molecule has 0 saturated heterocycles. The minimum Gasteiger partial charge on any atom is -0.350 e. The summed E-state index contributed by atoms with van der Waals surface area (Å²) in [6, 6.07) is 3.79. The van der Waals surface area contributed by atoms with Gasteiger partial charge < -0.3 is 5.32 Å². The molecular formula is C11H16N2OS. The molecule has 15 heavy (non-hydrogen) atoms. The summed E-state index contributed by atoms with van der Waals surface area (Å²) in [5.74, 6) is -0.0400. The average molecular weight is 224 g/mol. The molecule has 0 aliphatic carbocycles. The highest BCUT2D eigenvalue weighted by Gasteiger charge is 2.12. The van der Waals surface area contributed by atoms with Crippen molar-refractivity contribution in [2.24, 2.45) is 0 Å². The van der Waals surface area contributed by atoms with E-state index in [9.17, 15) is 4.79 Å². The summed E-state index contributed by atoms with van der Waals surface area (Å²) < 4.78 is 0. The summed E-state index contributed by atoms with van der Waals surface area (Å²) in [6.45, 7) is 4.04. The zero-order valence-electron chi connectivity index (χ0n) is 9.28. The van der Waals surface area contributed by atoms with Crippen LogP contribution in [-0.4, -0.2) is 23.2 Å². The zero-order chi connectivity index (χ0) is 11.3. The Hall–Kier alpha value is -1.03. The van der Waals surface area contributed by atoms with Gasteiger partial charge in [-0.25, -0.2) is 4.98 Å². The third-order valence-electron chi connectivity index (χ3n) is 2.20. The fourth-order valence-corrected chi connectivity index (χ4v) is 1.68. The van der Waals surface area contributed by atoms with Crippen molar-refractivity contribution in [1.82, 2.24) is 10.3 Å². The molecule has 0 bridgehead atoms. The number of pyridine rings is 1. The molecule has 0 spiro atoms. The highest BCUT2D eigenvalue weighted by molar-refractivity contribution is 7.98. The second-order valence-electron chi connectivity index (χ2n) is 3.34. The Kier molecular flexibility index (Phi) is 4.62. The fourth-order valence-electron chi connectivity index (χ4n) is 1.13. The molecule has 1 N–H and O–H groups in total. The van der Waals surface area contributed by atoms with Gasteiger partial charge in [-0.15, -0.1) is 11.8 Å². The van der Waals surface area contributed by atoms with Crippen LogP contribution < -0.4 is 5.32 Å². The molecule has 1 aromatic rings. The first-order valence-corrected chi connectivity index (χ1v) is 6.21. The van der Waals surface area contributed by atoms with Gasteiger partial charge in [0, 0.05) is 12.2 Å². The Balaban J connectivity index is 2.81. The third kappa shape index (κ3) is 3.23. The molecule has 3 nitrogen and oxygen atoms in total. The minimum atomic E-state index is -0.0400. The summed E-state index contributed by atoms with van der Waals surface area (Å²) in [5, 5.41) is 3.70. The van der Waals surface area contributed by atoms with Crippen LogP contribution in [0.1, 0.15) is 30.6 Å². The van der Waals surface area contributed by atoms with Gasteiger partial charge >= 0.3 is 0 Å². The van der Waals surface area contributed by atoms with Gasteiger partial charge in [0.1, 0.15) is 5.03 Å². The lowest BCUT2D eigenvalue weighted by atomic mass is 10.2. The number of rotatable bonds is 4. The van der Waals surface area contributed by atoms with Gasteiger partial charge in [0.15, 0.2) is 0 Å². The first-order valence-electron chi connectivity index (χ1n) is 4.99. The van der Waals surface area contributed by atoms with Gasteiger partial charge in [-0.3, -0.25) is 4.79 Å². The second-order valence-corrected chi connectivity index (χ2v) is 4.14. The van der Waals surface area contributed by atoms with E-state index in [1.165, 1.54) is 11.8 Å². The molecule has 0 fully saturated rings. The standard InChI is InChI=1S/C11H16N2OS/c1-4-8(2)13-10(14)9-6-5-7-12-11(9)15-3/h5-8H,4H2,1-3H3,(H,13,14)/t8-/m0/s1. The largest absolute Gasteiger partial charge is 0.350 e. The Morgan fingerprint density at radius 1 is 1.67 bits per heavy atom. The highest BCUT2D eigenvalue weighted by Crippen LogP contribution is 2.16. The lowest BCUT2D eigenvalue weighted by Gasteiger charge is -2.12. The number of amides is 1. The molecule has 0 unspecified atom stereocenters. The van der Waals surface area contributed by atoms with E-state index in [2.05, 4.69) is 10.3 Å². The molecule has 1 aromatic heterocycles. The van der Waals surface area contributed by atoms with E-state index in [4.69, 9.17) is 0 Å². The van der Waals surface area contributed by atoms with Crippen LogP contribution in [-0.2, 0) is 0 Å². The molecule has 1 heterocycles. The molecule has 1 rings (SSSR count). The van der Waals surface area contributed by atoms with Gasteiger partial charge in [-0.1, -0.05) is 6.92 Å². The maximum Gasteiger partial charge on any atom is 0.254 e. The lowest BCUT2D eigenvalue weighted by molar-refractivity contribution is 0.0935. The second kappa shape index (κ2) is 5.75. The van der Waals surface area contributed by atoms with E-state index in [-0.39, 0.29) is 11.9 Å². The van der Waals surface area contributed by atoms with Crippen LogP contribution in [0, 0.1) is 0 Å². The Bertz CT molecular complexity index is 341. The molecule has 1 atom stereocenters. The zero-order valence-corrected chi connectivity index (χ0v) is 10.1. The van der Waals surface area contributed by atoms with Crippen molar-refractivity contribution in [3.63, 3.8) is 0 Å². The predicted octanol–water partition coefficient (Wildman–Crippen LogP) is 2.33. The lowest BCUT2D eigenvalue weighted by Crippen LogP contribution is -2.32. The van der Waals surface area contributed by atoms with Crippen LogP contribution in [0.3, 0.4) is 0 Å². The van der Waals surface area contributed by atoms with Gasteiger partial charge in [-0.05, 0) is 31.7 Å². The normalized spacial score (nSPS) is 12.2. The van der Waals surface area contributed by atoms with E-state index in [1.807, 2.05) is 20.1 Å². The van der Waals surface area contributed by atoms with Gasteiger partial charge in [-0.2, -0.15) is 0 Å². The first kappa shape index (κ1) is 12.0. The van der Waals surface area contributed by atoms with Crippen LogP contribution >= 0.6 is 11.8 Å². The van der Waals surface area contributed by atoms with Crippen molar-refractivity contribution < 1.29 is 4.79 Å². The van der Waals surface area contributed by atoms with Crippen LogP contribution in [0.25, 0.3) is 0 Å². The number of hydrogen-bond donors (Lipinski definition) is 1.